The Hall–Kier alpha value is -2.34. The van der Waals surface area contributed by atoms with E-state index in [9.17, 15) is 4.79 Å². The number of nitrogens with zero attached hydrogens (tertiary/aromatic N) is 2. The summed E-state index contributed by atoms with van der Waals surface area (Å²) in [6, 6.07) is 8.12. The quantitative estimate of drug-likeness (QED) is 0.815. The second-order valence-corrected chi connectivity index (χ2v) is 6.25. The van der Waals surface area contributed by atoms with Crippen LogP contribution in [0.2, 0.25) is 0 Å². The van der Waals surface area contributed by atoms with Crippen molar-refractivity contribution in [3.05, 3.63) is 46.6 Å². The highest BCUT2D eigenvalue weighted by Gasteiger charge is 2.23. The van der Waals surface area contributed by atoms with Crippen molar-refractivity contribution < 1.29 is 9.53 Å². The summed E-state index contributed by atoms with van der Waals surface area (Å²) in [5.41, 5.74) is 3.89. The van der Waals surface area contributed by atoms with Crippen LogP contribution in [0.5, 0.6) is 5.88 Å². The van der Waals surface area contributed by atoms with E-state index in [-0.39, 0.29) is 5.91 Å². The summed E-state index contributed by atoms with van der Waals surface area (Å²) in [6.45, 7) is 3.39. The number of ether oxygens (including phenoxy) is 1. The maximum absolute atomic E-state index is 12.0. The Morgan fingerprint density at radius 1 is 1.29 bits per heavy atom. The summed E-state index contributed by atoms with van der Waals surface area (Å²) in [4.78, 5) is 12.0. The Balaban J connectivity index is 1.54. The van der Waals surface area contributed by atoms with Gasteiger partial charge in [0.25, 0.3) is 5.91 Å². The van der Waals surface area contributed by atoms with Crippen LogP contribution >= 0.6 is 0 Å². The highest BCUT2D eigenvalue weighted by molar-refractivity contribution is 5.94. The molecule has 1 aliphatic carbocycles. The number of aromatic nitrogens is 2. The highest BCUT2D eigenvalue weighted by atomic mass is 16.5. The maximum atomic E-state index is 12.0. The molecule has 0 aliphatic heterocycles. The summed E-state index contributed by atoms with van der Waals surface area (Å²) < 4.78 is 7.14. The van der Waals surface area contributed by atoms with Gasteiger partial charge in [-0.15, -0.1) is 0 Å². The molecule has 6 heteroatoms. The number of carbonyl (C=O) groups excluding carboxylic acids is 1. The lowest BCUT2D eigenvalue weighted by molar-refractivity contribution is 0.0951. The molecule has 6 nitrogen and oxygen atoms in total. The van der Waals surface area contributed by atoms with Crippen molar-refractivity contribution in [1.29, 1.82) is 0 Å². The Kier molecular flexibility index (Phi) is 4.85. The molecule has 0 unspecified atom stereocenters. The zero-order chi connectivity index (χ0) is 17.1. The third-order valence-electron chi connectivity index (χ3n) is 4.24. The predicted molar refractivity (Wildman–Crippen MR) is 92.0 cm³/mol. The fraction of sp³-hybridized carbons (Fsp3) is 0.444. The number of hydrogen-bond acceptors (Lipinski definition) is 4. The summed E-state index contributed by atoms with van der Waals surface area (Å²) in [7, 11) is 3.53. The number of benzene rings is 1. The first-order chi connectivity index (χ1) is 11.6. The first kappa shape index (κ1) is 16.5. The van der Waals surface area contributed by atoms with Crippen molar-refractivity contribution in [1.82, 2.24) is 20.4 Å². The van der Waals surface area contributed by atoms with E-state index >= 15 is 0 Å². The van der Waals surface area contributed by atoms with E-state index in [0.717, 1.165) is 47.7 Å². The molecule has 1 aromatic carbocycles. The van der Waals surface area contributed by atoms with Gasteiger partial charge in [0, 0.05) is 31.7 Å². The molecular formula is C18H24N4O2. The number of aryl methyl sites for hydroxylation is 2. The van der Waals surface area contributed by atoms with Gasteiger partial charge in [0.1, 0.15) is 0 Å². The first-order valence-electron chi connectivity index (χ1n) is 8.25. The van der Waals surface area contributed by atoms with Crippen LogP contribution in [0.15, 0.2) is 24.3 Å². The fourth-order valence-electron chi connectivity index (χ4n) is 2.74. The molecule has 0 atom stereocenters. The second kappa shape index (κ2) is 7.05. The number of methoxy groups -OCH3 is 1. The van der Waals surface area contributed by atoms with Gasteiger partial charge in [-0.05, 0) is 37.5 Å². The Morgan fingerprint density at radius 2 is 2.00 bits per heavy atom. The van der Waals surface area contributed by atoms with E-state index in [1.807, 2.05) is 38.2 Å². The van der Waals surface area contributed by atoms with Gasteiger partial charge in [-0.3, -0.25) is 4.79 Å². The van der Waals surface area contributed by atoms with Crippen molar-refractivity contribution in [2.24, 2.45) is 7.05 Å². The molecule has 0 spiro atoms. The van der Waals surface area contributed by atoms with Crippen molar-refractivity contribution in [2.45, 2.75) is 38.9 Å². The lowest BCUT2D eigenvalue weighted by Gasteiger charge is -2.08. The van der Waals surface area contributed by atoms with E-state index in [2.05, 4.69) is 15.7 Å². The average Bonchev–Trinajstić information content (AvgIpc) is 3.33. The molecule has 1 aromatic heterocycles. The molecular weight excluding hydrogens is 304 g/mol. The molecule has 24 heavy (non-hydrogen) atoms. The van der Waals surface area contributed by atoms with Gasteiger partial charge in [-0.2, -0.15) is 5.10 Å². The molecule has 1 fully saturated rings. The van der Waals surface area contributed by atoms with Crippen LogP contribution in [-0.4, -0.2) is 28.8 Å². The van der Waals surface area contributed by atoms with Crippen LogP contribution in [0.3, 0.4) is 0 Å². The molecule has 1 saturated carbocycles. The van der Waals surface area contributed by atoms with E-state index in [0.29, 0.717) is 12.6 Å². The average molecular weight is 328 g/mol. The normalized spacial score (nSPS) is 13.8. The molecule has 0 radical (unpaired) electrons. The van der Waals surface area contributed by atoms with Crippen molar-refractivity contribution >= 4 is 5.91 Å². The van der Waals surface area contributed by atoms with Gasteiger partial charge in [-0.25, -0.2) is 4.68 Å². The molecule has 0 saturated heterocycles. The van der Waals surface area contributed by atoms with Crippen LogP contribution in [0.1, 0.15) is 40.0 Å². The van der Waals surface area contributed by atoms with Crippen molar-refractivity contribution in [3.63, 3.8) is 0 Å². The van der Waals surface area contributed by atoms with E-state index in [4.69, 9.17) is 4.74 Å². The number of nitrogens with one attached hydrogen (secondary N) is 2. The van der Waals surface area contributed by atoms with Crippen LogP contribution in [0.4, 0.5) is 0 Å². The van der Waals surface area contributed by atoms with Crippen molar-refractivity contribution in [2.75, 3.05) is 7.11 Å². The zero-order valence-corrected chi connectivity index (χ0v) is 14.4. The van der Waals surface area contributed by atoms with Gasteiger partial charge in [0.05, 0.1) is 18.4 Å². The monoisotopic (exact) mass is 328 g/mol. The van der Waals surface area contributed by atoms with Crippen molar-refractivity contribution in [3.8, 4) is 5.88 Å². The van der Waals surface area contributed by atoms with E-state index in [1.165, 1.54) is 0 Å². The number of amides is 1. The zero-order valence-electron chi connectivity index (χ0n) is 14.4. The topological polar surface area (TPSA) is 68.2 Å². The van der Waals surface area contributed by atoms with E-state index < -0.39 is 0 Å². The minimum Gasteiger partial charge on any atom is -0.481 e. The largest absolute Gasteiger partial charge is 0.481 e. The number of hydrogen-bond donors (Lipinski definition) is 2. The third-order valence-corrected chi connectivity index (χ3v) is 4.24. The minimum atomic E-state index is 0.0210. The second-order valence-electron chi connectivity index (χ2n) is 6.25. The maximum Gasteiger partial charge on any atom is 0.251 e. The van der Waals surface area contributed by atoms with Gasteiger partial charge in [-0.1, -0.05) is 12.1 Å². The Labute approximate surface area is 142 Å². The SMILES string of the molecule is COc1c(CNCc2ccc(C(=O)NC3CC3)cc2)c(C)nn1C. The van der Waals surface area contributed by atoms with Gasteiger partial charge in [0.2, 0.25) is 5.88 Å². The van der Waals surface area contributed by atoms with Gasteiger partial charge >= 0.3 is 0 Å². The lowest BCUT2D eigenvalue weighted by Crippen LogP contribution is -2.25. The summed E-state index contributed by atoms with van der Waals surface area (Å²) in [5.74, 6) is 0.805. The third kappa shape index (κ3) is 3.76. The Bertz CT molecular complexity index is 717. The van der Waals surface area contributed by atoms with E-state index in [1.54, 1.807) is 11.8 Å². The minimum absolute atomic E-state index is 0.0210. The van der Waals surface area contributed by atoms with Gasteiger partial charge < -0.3 is 15.4 Å². The standard InChI is InChI=1S/C18H24N4O2/c1-12-16(18(24-3)22(2)21-12)11-19-10-13-4-6-14(7-5-13)17(23)20-15-8-9-15/h4-7,15,19H,8-11H2,1-3H3,(H,20,23). The highest BCUT2D eigenvalue weighted by Crippen LogP contribution is 2.21. The lowest BCUT2D eigenvalue weighted by atomic mass is 10.1. The predicted octanol–water partition coefficient (Wildman–Crippen LogP) is 1.92. The first-order valence-corrected chi connectivity index (χ1v) is 8.25. The summed E-state index contributed by atoms with van der Waals surface area (Å²) in [5, 5.41) is 10.8. The fourth-order valence-corrected chi connectivity index (χ4v) is 2.74. The molecule has 1 aliphatic rings. The molecule has 1 heterocycles. The summed E-state index contributed by atoms with van der Waals surface area (Å²) >= 11 is 0. The van der Waals surface area contributed by atoms with Crippen LogP contribution in [0, 0.1) is 6.92 Å². The smallest absolute Gasteiger partial charge is 0.251 e. The van der Waals surface area contributed by atoms with Crippen LogP contribution in [0.25, 0.3) is 0 Å². The molecule has 2 aromatic rings. The number of rotatable bonds is 7. The Morgan fingerprint density at radius 3 is 2.62 bits per heavy atom. The molecule has 3 rings (SSSR count). The molecule has 128 valence electrons. The molecule has 0 bridgehead atoms. The molecule has 1 amide bonds. The van der Waals surface area contributed by atoms with Gasteiger partial charge in [0.15, 0.2) is 0 Å². The number of carbonyl (C=O) groups is 1. The van der Waals surface area contributed by atoms with Crippen LogP contribution in [-0.2, 0) is 20.1 Å². The van der Waals surface area contributed by atoms with Crippen LogP contribution < -0.4 is 15.4 Å². The summed E-state index contributed by atoms with van der Waals surface area (Å²) in [6.07, 6.45) is 2.20. The molecule has 2 N–H and O–H groups in total.